The molecule has 1 unspecified atom stereocenters. The summed E-state index contributed by atoms with van der Waals surface area (Å²) in [4.78, 5) is 11.8. The summed E-state index contributed by atoms with van der Waals surface area (Å²) in [6, 6.07) is 0. The first kappa shape index (κ1) is 11.0. The number of hydrogen-bond donors (Lipinski definition) is 0. The summed E-state index contributed by atoms with van der Waals surface area (Å²) in [6.45, 7) is 8.22. The molecule has 0 fully saturated rings. The highest BCUT2D eigenvalue weighted by atomic mass is 16.5. The van der Waals surface area contributed by atoms with Gasteiger partial charge in [-0.3, -0.25) is 4.79 Å². The summed E-state index contributed by atoms with van der Waals surface area (Å²) in [7, 11) is 0. The fourth-order valence-electron chi connectivity index (χ4n) is 1.86. The molecule has 2 nitrogen and oxygen atoms in total. The highest BCUT2D eigenvalue weighted by Crippen LogP contribution is 2.33. The molecule has 0 N–H and O–H groups in total. The fraction of sp³-hybridized carbons (Fsp3) is 0.583. The molecule has 0 heterocycles. The van der Waals surface area contributed by atoms with Crippen LogP contribution in [0.5, 0.6) is 0 Å². The highest BCUT2D eigenvalue weighted by Gasteiger charge is 2.32. The van der Waals surface area contributed by atoms with Crippen LogP contribution in [0.25, 0.3) is 0 Å². The number of carbonyl (C=O) groups is 1. The van der Waals surface area contributed by atoms with E-state index in [2.05, 4.69) is 13.5 Å². The van der Waals surface area contributed by atoms with E-state index in [9.17, 15) is 4.79 Å². The SMILES string of the molecule is C=CCC1CC(CC)=C(OCC)C1=O. The van der Waals surface area contributed by atoms with Crippen molar-refractivity contribution in [2.75, 3.05) is 6.61 Å². The molecule has 1 aliphatic rings. The van der Waals surface area contributed by atoms with Gasteiger partial charge in [0.2, 0.25) is 5.78 Å². The van der Waals surface area contributed by atoms with Gasteiger partial charge in [0.05, 0.1) is 6.61 Å². The first-order valence-corrected chi connectivity index (χ1v) is 5.24. The molecule has 0 aromatic heterocycles. The van der Waals surface area contributed by atoms with Crippen LogP contribution in [-0.2, 0) is 9.53 Å². The maximum Gasteiger partial charge on any atom is 0.200 e. The zero-order valence-electron chi connectivity index (χ0n) is 9.01. The van der Waals surface area contributed by atoms with E-state index in [-0.39, 0.29) is 11.7 Å². The van der Waals surface area contributed by atoms with Gasteiger partial charge in [-0.2, -0.15) is 0 Å². The Hall–Kier alpha value is -1.05. The number of hydrogen-bond acceptors (Lipinski definition) is 2. The minimum absolute atomic E-state index is 0.0870. The lowest BCUT2D eigenvalue weighted by Gasteiger charge is -2.05. The first-order chi connectivity index (χ1) is 6.74. The van der Waals surface area contributed by atoms with E-state index in [4.69, 9.17) is 4.74 Å². The maximum atomic E-state index is 11.8. The van der Waals surface area contributed by atoms with Crippen molar-refractivity contribution in [3.63, 3.8) is 0 Å². The van der Waals surface area contributed by atoms with Crippen LogP contribution in [0.15, 0.2) is 24.0 Å². The second-order valence-electron chi connectivity index (χ2n) is 3.51. The molecular weight excluding hydrogens is 176 g/mol. The van der Waals surface area contributed by atoms with E-state index in [1.54, 1.807) is 0 Å². The van der Waals surface area contributed by atoms with Crippen molar-refractivity contribution in [2.24, 2.45) is 5.92 Å². The summed E-state index contributed by atoms with van der Waals surface area (Å²) in [5, 5.41) is 0. The number of ketones is 1. The second kappa shape index (κ2) is 4.99. The van der Waals surface area contributed by atoms with Gasteiger partial charge in [-0.05, 0) is 31.8 Å². The fourth-order valence-corrected chi connectivity index (χ4v) is 1.86. The monoisotopic (exact) mass is 194 g/mol. The molecule has 0 aliphatic heterocycles. The largest absolute Gasteiger partial charge is 0.490 e. The highest BCUT2D eigenvalue weighted by molar-refractivity contribution is 5.98. The van der Waals surface area contributed by atoms with Gasteiger partial charge in [-0.1, -0.05) is 13.0 Å². The molecule has 0 saturated carbocycles. The molecule has 2 heteroatoms. The lowest BCUT2D eigenvalue weighted by molar-refractivity contribution is -0.121. The van der Waals surface area contributed by atoms with Crippen LogP contribution in [0.1, 0.15) is 33.1 Å². The molecule has 0 aromatic rings. The molecule has 78 valence electrons. The van der Waals surface area contributed by atoms with Gasteiger partial charge in [0, 0.05) is 5.92 Å². The molecule has 1 rings (SSSR count). The normalized spacial score (nSPS) is 21.6. The quantitative estimate of drug-likeness (QED) is 0.629. The summed E-state index contributed by atoms with van der Waals surface area (Å²) < 4.78 is 5.39. The average molecular weight is 194 g/mol. The summed E-state index contributed by atoms with van der Waals surface area (Å²) in [6.07, 6.45) is 4.34. The number of ether oxygens (including phenoxy) is 1. The third kappa shape index (κ3) is 2.06. The third-order valence-electron chi connectivity index (χ3n) is 2.58. The maximum absolute atomic E-state index is 11.8. The van der Waals surface area contributed by atoms with Crippen LogP contribution < -0.4 is 0 Å². The Kier molecular flexibility index (Phi) is 3.93. The zero-order valence-corrected chi connectivity index (χ0v) is 9.01. The minimum atomic E-state index is 0.0870. The van der Waals surface area contributed by atoms with E-state index in [0.29, 0.717) is 12.4 Å². The number of rotatable bonds is 5. The van der Waals surface area contributed by atoms with Crippen LogP contribution in [0.3, 0.4) is 0 Å². The van der Waals surface area contributed by atoms with Gasteiger partial charge in [-0.15, -0.1) is 6.58 Å². The Labute approximate surface area is 85.6 Å². The van der Waals surface area contributed by atoms with Gasteiger partial charge >= 0.3 is 0 Å². The Bertz CT molecular complexity index is 263. The first-order valence-electron chi connectivity index (χ1n) is 5.24. The molecule has 1 atom stereocenters. The number of allylic oxidation sites excluding steroid dienone is 3. The molecule has 1 aliphatic carbocycles. The number of carbonyl (C=O) groups excluding carboxylic acids is 1. The zero-order chi connectivity index (χ0) is 10.6. The molecule has 0 radical (unpaired) electrons. The van der Waals surface area contributed by atoms with Gasteiger partial charge in [0.15, 0.2) is 5.76 Å². The van der Waals surface area contributed by atoms with Crippen molar-refractivity contribution in [3.8, 4) is 0 Å². The molecular formula is C12H18O2. The predicted molar refractivity (Wildman–Crippen MR) is 56.9 cm³/mol. The Morgan fingerprint density at radius 1 is 1.57 bits per heavy atom. The van der Waals surface area contributed by atoms with Crippen molar-refractivity contribution in [3.05, 3.63) is 24.0 Å². The average Bonchev–Trinajstić information content (AvgIpc) is 2.47. The lowest BCUT2D eigenvalue weighted by atomic mass is 10.00. The minimum Gasteiger partial charge on any atom is -0.490 e. The van der Waals surface area contributed by atoms with Crippen LogP contribution in [0.4, 0.5) is 0 Å². The van der Waals surface area contributed by atoms with Gasteiger partial charge in [-0.25, -0.2) is 0 Å². The van der Waals surface area contributed by atoms with E-state index in [0.717, 1.165) is 19.3 Å². The molecule has 0 bridgehead atoms. The second-order valence-corrected chi connectivity index (χ2v) is 3.51. The smallest absolute Gasteiger partial charge is 0.200 e. The lowest BCUT2D eigenvalue weighted by Crippen LogP contribution is -2.11. The Morgan fingerprint density at radius 2 is 2.29 bits per heavy atom. The molecule has 0 aromatic carbocycles. The van der Waals surface area contributed by atoms with Crippen LogP contribution in [0.2, 0.25) is 0 Å². The van der Waals surface area contributed by atoms with Gasteiger partial charge in [0.1, 0.15) is 0 Å². The predicted octanol–water partition coefficient (Wildman–Crippen LogP) is 2.85. The molecule has 0 saturated heterocycles. The summed E-state index contributed by atoms with van der Waals surface area (Å²) in [5.41, 5.74) is 1.17. The standard InChI is InChI=1S/C12H18O2/c1-4-7-10-8-9(5-2)12(11(10)13)14-6-3/h4,10H,1,5-8H2,2-3H3. The van der Waals surface area contributed by atoms with Gasteiger partial charge in [0.25, 0.3) is 0 Å². The van der Waals surface area contributed by atoms with Crippen LogP contribution in [0, 0.1) is 5.92 Å². The van der Waals surface area contributed by atoms with E-state index in [1.807, 2.05) is 13.0 Å². The van der Waals surface area contributed by atoms with Crippen molar-refractivity contribution >= 4 is 5.78 Å². The third-order valence-corrected chi connectivity index (χ3v) is 2.58. The van der Waals surface area contributed by atoms with Crippen molar-refractivity contribution in [1.29, 1.82) is 0 Å². The Morgan fingerprint density at radius 3 is 2.79 bits per heavy atom. The van der Waals surface area contributed by atoms with Gasteiger partial charge < -0.3 is 4.74 Å². The molecule has 0 amide bonds. The van der Waals surface area contributed by atoms with E-state index >= 15 is 0 Å². The Balaban J connectivity index is 2.76. The van der Waals surface area contributed by atoms with Crippen LogP contribution in [-0.4, -0.2) is 12.4 Å². The van der Waals surface area contributed by atoms with E-state index in [1.165, 1.54) is 5.57 Å². The van der Waals surface area contributed by atoms with E-state index < -0.39 is 0 Å². The summed E-state index contributed by atoms with van der Waals surface area (Å²) >= 11 is 0. The van der Waals surface area contributed by atoms with Crippen molar-refractivity contribution < 1.29 is 9.53 Å². The topological polar surface area (TPSA) is 26.3 Å². The van der Waals surface area contributed by atoms with Crippen LogP contribution >= 0.6 is 0 Å². The van der Waals surface area contributed by atoms with Crippen molar-refractivity contribution in [2.45, 2.75) is 33.1 Å². The summed E-state index contributed by atoms with van der Waals surface area (Å²) in [5.74, 6) is 0.884. The molecule has 0 spiro atoms. The van der Waals surface area contributed by atoms with Crippen molar-refractivity contribution in [1.82, 2.24) is 0 Å². The molecule has 14 heavy (non-hydrogen) atoms. The number of Topliss-reactive ketones (excluding diaryl/α,β-unsaturated/α-hetero) is 1.